The van der Waals surface area contributed by atoms with E-state index in [1.165, 1.54) is 19.0 Å². The average Bonchev–Trinajstić information content (AvgIpc) is 3.07. The molecule has 0 bridgehead atoms. The minimum absolute atomic E-state index is 0.0400. The Hall–Kier alpha value is -2.22. The van der Waals surface area contributed by atoms with Gasteiger partial charge in [0, 0.05) is 31.7 Å². The van der Waals surface area contributed by atoms with Gasteiger partial charge in [0.25, 0.3) is 5.69 Å². The summed E-state index contributed by atoms with van der Waals surface area (Å²) in [5, 5.41) is 10.9. The Balaban J connectivity index is 1.55. The Morgan fingerprint density at radius 3 is 2.46 bits per heavy atom. The van der Waals surface area contributed by atoms with Gasteiger partial charge in [0.1, 0.15) is 12.0 Å². The number of pyridine rings is 1. The normalized spacial score (nSPS) is 18.9. The molecule has 24 heavy (non-hydrogen) atoms. The lowest BCUT2D eigenvalue weighted by Crippen LogP contribution is -2.51. The Bertz CT molecular complexity index is 622. The molecule has 1 aromatic heterocycles. The predicted octanol–water partition coefficient (Wildman–Crippen LogP) is 1.04. The van der Waals surface area contributed by atoms with Gasteiger partial charge in [-0.1, -0.05) is 0 Å². The van der Waals surface area contributed by atoms with Crippen molar-refractivity contribution in [2.75, 3.05) is 50.7 Å². The first kappa shape index (κ1) is 16.6. The Morgan fingerprint density at radius 1 is 1.21 bits per heavy atom. The van der Waals surface area contributed by atoms with Gasteiger partial charge in [-0.05, 0) is 38.9 Å². The molecule has 0 aromatic carbocycles. The molecule has 2 fully saturated rings. The van der Waals surface area contributed by atoms with Crippen LogP contribution in [0, 0.1) is 17.0 Å². The quantitative estimate of drug-likeness (QED) is 0.605. The molecule has 2 aliphatic rings. The van der Waals surface area contributed by atoms with Crippen molar-refractivity contribution in [3.8, 4) is 0 Å². The van der Waals surface area contributed by atoms with E-state index in [0.717, 1.165) is 18.9 Å². The van der Waals surface area contributed by atoms with Crippen LogP contribution < -0.4 is 4.90 Å². The molecule has 0 spiro atoms. The SMILES string of the molecule is Cc1cc(N2CCN(C(=O)CN3CCCC3)CC2)ncc1[N+](=O)[O-]. The molecule has 8 heteroatoms. The van der Waals surface area contributed by atoms with E-state index in [1.54, 1.807) is 13.0 Å². The highest BCUT2D eigenvalue weighted by Gasteiger charge is 2.25. The number of nitrogens with zero attached hydrogens (tertiary/aromatic N) is 5. The maximum absolute atomic E-state index is 12.3. The molecule has 3 rings (SSSR count). The summed E-state index contributed by atoms with van der Waals surface area (Å²) in [4.78, 5) is 33.2. The van der Waals surface area contributed by atoms with Crippen LogP contribution in [0.4, 0.5) is 11.5 Å². The molecule has 0 saturated carbocycles. The molecule has 1 amide bonds. The van der Waals surface area contributed by atoms with E-state index < -0.39 is 4.92 Å². The molecular formula is C16H23N5O3. The second-order valence-corrected chi connectivity index (χ2v) is 6.44. The second-order valence-electron chi connectivity index (χ2n) is 6.44. The number of hydrogen-bond acceptors (Lipinski definition) is 6. The number of anilines is 1. The molecule has 130 valence electrons. The molecule has 0 aliphatic carbocycles. The van der Waals surface area contributed by atoms with Crippen LogP contribution in [0.1, 0.15) is 18.4 Å². The summed E-state index contributed by atoms with van der Waals surface area (Å²) in [5.74, 6) is 0.939. The largest absolute Gasteiger partial charge is 0.353 e. The van der Waals surface area contributed by atoms with Crippen molar-refractivity contribution < 1.29 is 9.72 Å². The van der Waals surface area contributed by atoms with Crippen molar-refractivity contribution in [1.29, 1.82) is 0 Å². The van der Waals surface area contributed by atoms with Gasteiger partial charge >= 0.3 is 0 Å². The number of aromatic nitrogens is 1. The van der Waals surface area contributed by atoms with Gasteiger partial charge in [-0.15, -0.1) is 0 Å². The minimum atomic E-state index is -0.416. The zero-order chi connectivity index (χ0) is 17.1. The minimum Gasteiger partial charge on any atom is -0.353 e. The molecule has 0 radical (unpaired) electrons. The van der Waals surface area contributed by atoms with Crippen LogP contribution in [0.15, 0.2) is 12.3 Å². The van der Waals surface area contributed by atoms with E-state index in [1.807, 2.05) is 4.90 Å². The van der Waals surface area contributed by atoms with Crippen LogP contribution in [-0.4, -0.2) is 71.4 Å². The van der Waals surface area contributed by atoms with Crippen LogP contribution in [0.2, 0.25) is 0 Å². The number of rotatable bonds is 4. The summed E-state index contributed by atoms with van der Waals surface area (Å²) in [6, 6.07) is 1.75. The standard InChI is InChI=1S/C16H23N5O3/c1-13-10-15(17-11-14(13)21(23)24)19-6-8-20(9-7-19)16(22)12-18-4-2-3-5-18/h10-11H,2-9,12H2,1H3. The number of carbonyl (C=O) groups is 1. The number of piperazine rings is 1. The molecule has 0 atom stereocenters. The van der Waals surface area contributed by atoms with Gasteiger partial charge < -0.3 is 9.80 Å². The fourth-order valence-corrected chi connectivity index (χ4v) is 3.31. The van der Waals surface area contributed by atoms with Crippen molar-refractivity contribution in [2.24, 2.45) is 0 Å². The fraction of sp³-hybridized carbons (Fsp3) is 0.625. The van der Waals surface area contributed by atoms with Crippen LogP contribution in [-0.2, 0) is 4.79 Å². The number of amides is 1. The third-order valence-electron chi connectivity index (χ3n) is 4.78. The van der Waals surface area contributed by atoms with E-state index >= 15 is 0 Å². The van der Waals surface area contributed by atoms with Crippen LogP contribution in [0.25, 0.3) is 0 Å². The van der Waals surface area contributed by atoms with E-state index in [4.69, 9.17) is 0 Å². The summed E-state index contributed by atoms with van der Waals surface area (Å²) in [6.45, 7) is 7.05. The number of likely N-dealkylation sites (tertiary alicyclic amines) is 1. The zero-order valence-electron chi connectivity index (χ0n) is 14.0. The molecule has 0 unspecified atom stereocenters. The lowest BCUT2D eigenvalue weighted by Gasteiger charge is -2.36. The predicted molar refractivity (Wildman–Crippen MR) is 90.1 cm³/mol. The monoisotopic (exact) mass is 333 g/mol. The number of aryl methyl sites for hydroxylation is 1. The molecule has 1 aromatic rings. The summed E-state index contributed by atoms with van der Waals surface area (Å²) in [7, 11) is 0. The first-order valence-corrected chi connectivity index (χ1v) is 8.41. The maximum atomic E-state index is 12.3. The highest BCUT2D eigenvalue weighted by Crippen LogP contribution is 2.22. The average molecular weight is 333 g/mol. The van der Waals surface area contributed by atoms with Crippen molar-refractivity contribution in [3.05, 3.63) is 27.9 Å². The highest BCUT2D eigenvalue weighted by molar-refractivity contribution is 5.78. The van der Waals surface area contributed by atoms with Gasteiger partial charge in [-0.25, -0.2) is 4.98 Å². The summed E-state index contributed by atoms with van der Waals surface area (Å²) < 4.78 is 0. The van der Waals surface area contributed by atoms with Crippen molar-refractivity contribution in [3.63, 3.8) is 0 Å². The first-order valence-electron chi connectivity index (χ1n) is 8.41. The van der Waals surface area contributed by atoms with Gasteiger partial charge in [0.05, 0.1) is 11.5 Å². The van der Waals surface area contributed by atoms with E-state index in [2.05, 4.69) is 14.8 Å². The van der Waals surface area contributed by atoms with E-state index in [-0.39, 0.29) is 11.6 Å². The molecule has 2 saturated heterocycles. The van der Waals surface area contributed by atoms with Crippen molar-refractivity contribution in [2.45, 2.75) is 19.8 Å². The van der Waals surface area contributed by atoms with Gasteiger partial charge in [-0.3, -0.25) is 19.8 Å². The summed E-state index contributed by atoms with van der Waals surface area (Å²) in [5.41, 5.74) is 0.649. The molecule has 8 nitrogen and oxygen atoms in total. The van der Waals surface area contributed by atoms with Crippen molar-refractivity contribution >= 4 is 17.4 Å². The maximum Gasteiger partial charge on any atom is 0.290 e. The summed E-state index contributed by atoms with van der Waals surface area (Å²) >= 11 is 0. The number of carbonyl (C=O) groups excluding carboxylic acids is 1. The lowest BCUT2D eigenvalue weighted by atomic mass is 10.2. The topological polar surface area (TPSA) is 82.8 Å². The van der Waals surface area contributed by atoms with Crippen LogP contribution in [0.5, 0.6) is 0 Å². The molecular weight excluding hydrogens is 310 g/mol. The lowest BCUT2D eigenvalue weighted by molar-refractivity contribution is -0.385. The fourth-order valence-electron chi connectivity index (χ4n) is 3.31. The Morgan fingerprint density at radius 2 is 1.88 bits per heavy atom. The molecule has 0 N–H and O–H groups in total. The smallest absolute Gasteiger partial charge is 0.290 e. The van der Waals surface area contributed by atoms with E-state index in [0.29, 0.717) is 38.3 Å². The third kappa shape index (κ3) is 3.64. The van der Waals surface area contributed by atoms with Gasteiger partial charge in [0.2, 0.25) is 5.91 Å². The van der Waals surface area contributed by atoms with Gasteiger partial charge in [0.15, 0.2) is 0 Å². The first-order chi connectivity index (χ1) is 11.5. The highest BCUT2D eigenvalue weighted by atomic mass is 16.6. The second kappa shape index (κ2) is 7.12. The number of nitro groups is 1. The number of hydrogen-bond donors (Lipinski definition) is 0. The van der Waals surface area contributed by atoms with Crippen LogP contribution in [0.3, 0.4) is 0 Å². The third-order valence-corrected chi connectivity index (χ3v) is 4.78. The van der Waals surface area contributed by atoms with Crippen LogP contribution >= 0.6 is 0 Å². The van der Waals surface area contributed by atoms with Crippen molar-refractivity contribution in [1.82, 2.24) is 14.8 Å². The molecule has 2 aliphatic heterocycles. The molecule has 3 heterocycles. The Kier molecular flexibility index (Phi) is 4.94. The Labute approximate surface area is 141 Å². The zero-order valence-corrected chi connectivity index (χ0v) is 14.0. The van der Waals surface area contributed by atoms with Gasteiger partial charge in [-0.2, -0.15) is 0 Å². The summed E-state index contributed by atoms with van der Waals surface area (Å²) in [6.07, 6.45) is 3.69. The van der Waals surface area contributed by atoms with E-state index in [9.17, 15) is 14.9 Å².